The number of carbonyl (C=O) groups excluding carboxylic acids is 1. The molecule has 0 saturated carbocycles. The van der Waals surface area contributed by atoms with Crippen molar-refractivity contribution in [1.29, 1.82) is 0 Å². The Balaban J connectivity index is 1.77. The minimum absolute atomic E-state index is 0.0233. The largest absolute Gasteiger partial charge is 0.484 e. The summed E-state index contributed by atoms with van der Waals surface area (Å²) in [6.07, 6.45) is 1.35. The highest BCUT2D eigenvalue weighted by atomic mass is 32.1. The van der Waals surface area contributed by atoms with Crippen LogP contribution in [-0.2, 0) is 4.79 Å². The van der Waals surface area contributed by atoms with Crippen LogP contribution in [0, 0.1) is 10.1 Å². The summed E-state index contributed by atoms with van der Waals surface area (Å²) in [5, 5.41) is 14.2. The number of para-hydroxylation sites is 1. The first-order valence-electron chi connectivity index (χ1n) is 5.89. The molecule has 1 heterocycles. The number of nitro groups is 1. The zero-order valence-electron chi connectivity index (χ0n) is 10.8. The second kappa shape index (κ2) is 7.15. The van der Waals surface area contributed by atoms with Crippen molar-refractivity contribution in [2.24, 2.45) is 5.10 Å². The van der Waals surface area contributed by atoms with Crippen LogP contribution in [0.1, 0.15) is 4.88 Å². The van der Waals surface area contributed by atoms with Crippen LogP contribution < -0.4 is 10.2 Å². The van der Waals surface area contributed by atoms with Gasteiger partial charge in [-0.05, 0) is 18.2 Å². The minimum Gasteiger partial charge on any atom is -0.484 e. The van der Waals surface area contributed by atoms with Gasteiger partial charge in [0.2, 0.25) is 0 Å². The number of nitrogens with zero attached hydrogens (tertiary/aromatic N) is 2. The molecule has 0 aliphatic rings. The Morgan fingerprint density at radius 3 is 2.76 bits per heavy atom. The Bertz CT molecular complexity index is 654. The molecular weight excluding hydrogens is 294 g/mol. The van der Waals surface area contributed by atoms with Gasteiger partial charge in [0.25, 0.3) is 5.91 Å². The number of hydrogen-bond acceptors (Lipinski definition) is 6. The Labute approximate surface area is 124 Å². The van der Waals surface area contributed by atoms with E-state index in [-0.39, 0.29) is 11.6 Å². The van der Waals surface area contributed by atoms with Crippen LogP contribution in [0.25, 0.3) is 0 Å². The third-order valence-electron chi connectivity index (χ3n) is 2.29. The standard InChI is InChI=1S/C13H11N3O4S/c17-12(9-20-10-4-2-1-3-5-10)15-14-8-11-6-7-13(21-11)16(18)19/h1-8H,9H2,(H,15,17)/b14-8-. The average Bonchev–Trinajstić information content (AvgIpc) is 2.95. The fourth-order valence-corrected chi connectivity index (χ4v) is 2.07. The summed E-state index contributed by atoms with van der Waals surface area (Å²) in [5.74, 6) is 0.173. The Kier molecular flexibility index (Phi) is 4.99. The predicted molar refractivity (Wildman–Crippen MR) is 78.6 cm³/mol. The predicted octanol–water partition coefficient (Wildman–Crippen LogP) is 2.19. The van der Waals surface area contributed by atoms with Crippen molar-refractivity contribution in [3.8, 4) is 5.75 Å². The maximum Gasteiger partial charge on any atom is 0.324 e. The molecule has 0 aliphatic heterocycles. The minimum atomic E-state index is -0.478. The first kappa shape index (κ1) is 14.7. The van der Waals surface area contributed by atoms with Crippen LogP contribution in [0.4, 0.5) is 5.00 Å². The van der Waals surface area contributed by atoms with E-state index < -0.39 is 10.8 Å². The molecule has 21 heavy (non-hydrogen) atoms. The lowest BCUT2D eigenvalue weighted by molar-refractivity contribution is -0.380. The van der Waals surface area contributed by atoms with E-state index in [2.05, 4.69) is 10.5 Å². The van der Waals surface area contributed by atoms with E-state index in [4.69, 9.17) is 4.74 Å². The lowest BCUT2D eigenvalue weighted by Crippen LogP contribution is -2.24. The van der Waals surface area contributed by atoms with E-state index in [0.717, 1.165) is 11.3 Å². The van der Waals surface area contributed by atoms with Crippen molar-refractivity contribution in [3.05, 3.63) is 57.5 Å². The fourth-order valence-electron chi connectivity index (χ4n) is 1.38. The Morgan fingerprint density at radius 2 is 2.10 bits per heavy atom. The second-order valence-corrected chi connectivity index (χ2v) is 4.92. The molecule has 0 unspecified atom stereocenters. The summed E-state index contributed by atoms with van der Waals surface area (Å²) in [7, 11) is 0. The summed E-state index contributed by atoms with van der Waals surface area (Å²) in [4.78, 5) is 22.1. The molecule has 2 aromatic rings. The summed E-state index contributed by atoms with van der Waals surface area (Å²) >= 11 is 0.972. The molecular formula is C13H11N3O4S. The van der Waals surface area contributed by atoms with E-state index >= 15 is 0 Å². The molecule has 0 saturated heterocycles. The van der Waals surface area contributed by atoms with E-state index in [1.165, 1.54) is 12.3 Å². The molecule has 0 spiro atoms. The van der Waals surface area contributed by atoms with Crippen molar-refractivity contribution in [1.82, 2.24) is 5.43 Å². The first-order chi connectivity index (χ1) is 10.1. The van der Waals surface area contributed by atoms with Gasteiger partial charge in [-0.25, -0.2) is 5.43 Å². The number of hydrogen-bond donors (Lipinski definition) is 1. The zero-order valence-corrected chi connectivity index (χ0v) is 11.6. The molecule has 0 radical (unpaired) electrons. The third kappa shape index (κ3) is 4.69. The number of ether oxygens (including phenoxy) is 1. The monoisotopic (exact) mass is 305 g/mol. The van der Waals surface area contributed by atoms with Crippen molar-refractivity contribution in [3.63, 3.8) is 0 Å². The number of hydrazone groups is 1. The highest BCUT2D eigenvalue weighted by Gasteiger charge is 2.08. The quantitative estimate of drug-likeness (QED) is 0.503. The second-order valence-electron chi connectivity index (χ2n) is 3.83. The van der Waals surface area contributed by atoms with Crippen LogP contribution in [0.3, 0.4) is 0 Å². The molecule has 0 bridgehead atoms. The SMILES string of the molecule is O=C(COc1ccccc1)N/N=C\c1ccc([N+](=O)[O-])s1. The topological polar surface area (TPSA) is 93.8 Å². The van der Waals surface area contributed by atoms with Gasteiger partial charge in [0.1, 0.15) is 5.75 Å². The van der Waals surface area contributed by atoms with E-state index in [1.54, 1.807) is 30.3 Å². The number of thiophene rings is 1. The van der Waals surface area contributed by atoms with Crippen molar-refractivity contribution in [2.75, 3.05) is 6.61 Å². The van der Waals surface area contributed by atoms with Crippen LogP contribution >= 0.6 is 11.3 Å². The summed E-state index contributed by atoms with van der Waals surface area (Å²) in [6.45, 7) is -0.161. The molecule has 1 aromatic heterocycles. The van der Waals surface area contributed by atoms with E-state index in [1.807, 2.05) is 6.07 Å². The van der Waals surface area contributed by atoms with E-state index in [0.29, 0.717) is 10.6 Å². The Hall–Kier alpha value is -2.74. The average molecular weight is 305 g/mol. The van der Waals surface area contributed by atoms with Gasteiger partial charge in [0.05, 0.1) is 16.0 Å². The number of benzene rings is 1. The number of rotatable bonds is 6. The lowest BCUT2D eigenvalue weighted by Gasteiger charge is -2.03. The fraction of sp³-hybridized carbons (Fsp3) is 0.0769. The summed E-state index contributed by atoms with van der Waals surface area (Å²) in [5.41, 5.74) is 2.28. The molecule has 108 valence electrons. The number of nitrogens with one attached hydrogen (secondary N) is 1. The smallest absolute Gasteiger partial charge is 0.324 e. The van der Waals surface area contributed by atoms with Crippen molar-refractivity contribution >= 4 is 28.5 Å². The molecule has 2 rings (SSSR count). The molecule has 0 fully saturated rings. The normalized spacial score (nSPS) is 10.5. The zero-order chi connectivity index (χ0) is 15.1. The lowest BCUT2D eigenvalue weighted by atomic mass is 10.3. The van der Waals surface area contributed by atoms with Crippen molar-refractivity contribution in [2.45, 2.75) is 0 Å². The van der Waals surface area contributed by atoms with Crippen molar-refractivity contribution < 1.29 is 14.5 Å². The van der Waals surface area contributed by atoms with Crippen LogP contribution in [0.5, 0.6) is 5.75 Å². The Morgan fingerprint density at radius 1 is 1.33 bits per heavy atom. The van der Waals surface area contributed by atoms with Crippen LogP contribution in [0.15, 0.2) is 47.6 Å². The highest BCUT2D eigenvalue weighted by Crippen LogP contribution is 2.22. The number of amides is 1. The molecule has 0 atom stereocenters. The van der Waals surface area contributed by atoms with Gasteiger partial charge < -0.3 is 4.74 Å². The van der Waals surface area contributed by atoms with Gasteiger partial charge in [0.15, 0.2) is 6.61 Å². The highest BCUT2D eigenvalue weighted by molar-refractivity contribution is 7.16. The number of carbonyl (C=O) groups is 1. The van der Waals surface area contributed by atoms with Crippen LogP contribution in [0.2, 0.25) is 0 Å². The molecule has 1 N–H and O–H groups in total. The maximum absolute atomic E-state index is 11.5. The van der Waals surface area contributed by atoms with Gasteiger partial charge in [-0.2, -0.15) is 5.10 Å². The van der Waals surface area contributed by atoms with Gasteiger partial charge in [0, 0.05) is 6.07 Å². The van der Waals surface area contributed by atoms with Gasteiger partial charge in [-0.15, -0.1) is 0 Å². The molecule has 0 aliphatic carbocycles. The summed E-state index contributed by atoms with van der Waals surface area (Å²) < 4.78 is 5.23. The van der Waals surface area contributed by atoms with Gasteiger partial charge in [-0.1, -0.05) is 29.5 Å². The van der Waals surface area contributed by atoms with Gasteiger partial charge >= 0.3 is 5.00 Å². The third-order valence-corrected chi connectivity index (χ3v) is 3.26. The molecule has 1 aromatic carbocycles. The van der Waals surface area contributed by atoms with E-state index in [9.17, 15) is 14.9 Å². The first-order valence-corrected chi connectivity index (χ1v) is 6.71. The maximum atomic E-state index is 11.5. The molecule has 7 nitrogen and oxygen atoms in total. The molecule has 8 heteroatoms. The summed E-state index contributed by atoms with van der Waals surface area (Å²) in [6, 6.07) is 11.9. The van der Waals surface area contributed by atoms with Crippen LogP contribution in [-0.4, -0.2) is 23.7 Å². The molecule has 1 amide bonds. The van der Waals surface area contributed by atoms with Gasteiger partial charge in [-0.3, -0.25) is 14.9 Å².